The lowest BCUT2D eigenvalue weighted by Crippen LogP contribution is -2.47. The maximum atomic E-state index is 2.64. The monoisotopic (exact) mass is 229 g/mol. The van der Waals surface area contributed by atoms with Crippen molar-refractivity contribution in [1.82, 2.24) is 4.90 Å². The van der Waals surface area contributed by atoms with Gasteiger partial charge in [0.15, 0.2) is 0 Å². The van der Waals surface area contributed by atoms with Crippen LogP contribution in [-0.4, -0.2) is 23.5 Å². The van der Waals surface area contributed by atoms with E-state index in [0.29, 0.717) is 5.54 Å². The number of rotatable bonds is 1. The van der Waals surface area contributed by atoms with Gasteiger partial charge in [-0.2, -0.15) is 0 Å². The lowest BCUT2D eigenvalue weighted by Gasteiger charge is -2.44. The molecular weight excluding hydrogens is 206 g/mol. The Balaban J connectivity index is 1.85. The van der Waals surface area contributed by atoms with Gasteiger partial charge < -0.3 is 0 Å². The van der Waals surface area contributed by atoms with E-state index in [1.807, 2.05) is 0 Å². The smallest absolute Gasteiger partial charge is 0.0187 e. The average Bonchev–Trinajstić information content (AvgIpc) is 2.51. The quantitative estimate of drug-likeness (QED) is 0.709. The SMILES string of the molecule is Cc1ccc([C@H]2C[C@@H]3CC[C@](C)(C2)N3C)cc1. The van der Waals surface area contributed by atoms with Gasteiger partial charge >= 0.3 is 0 Å². The highest BCUT2D eigenvalue weighted by molar-refractivity contribution is 5.26. The summed E-state index contributed by atoms with van der Waals surface area (Å²) in [5.41, 5.74) is 3.39. The maximum Gasteiger partial charge on any atom is 0.0187 e. The van der Waals surface area contributed by atoms with E-state index in [1.165, 1.54) is 31.2 Å². The lowest BCUT2D eigenvalue weighted by atomic mass is 9.79. The molecule has 0 spiro atoms. The number of nitrogens with zero attached hydrogens (tertiary/aromatic N) is 1. The molecule has 0 unspecified atom stereocenters. The van der Waals surface area contributed by atoms with Crippen molar-refractivity contribution in [1.29, 1.82) is 0 Å². The van der Waals surface area contributed by atoms with E-state index in [2.05, 4.69) is 50.1 Å². The molecule has 0 aliphatic carbocycles. The van der Waals surface area contributed by atoms with Crippen LogP contribution in [-0.2, 0) is 0 Å². The van der Waals surface area contributed by atoms with Crippen LogP contribution >= 0.6 is 0 Å². The predicted molar refractivity (Wildman–Crippen MR) is 72.3 cm³/mol. The second kappa shape index (κ2) is 3.84. The molecule has 0 N–H and O–H groups in total. The molecule has 2 bridgehead atoms. The minimum atomic E-state index is 0.457. The Hall–Kier alpha value is -0.820. The summed E-state index contributed by atoms with van der Waals surface area (Å²) in [6, 6.07) is 10.0. The van der Waals surface area contributed by atoms with Crippen molar-refractivity contribution < 1.29 is 0 Å². The molecule has 2 fully saturated rings. The van der Waals surface area contributed by atoms with E-state index in [-0.39, 0.29) is 0 Å². The molecule has 2 heterocycles. The summed E-state index contributed by atoms with van der Waals surface area (Å²) >= 11 is 0. The standard InChI is InChI=1S/C16H23N/c1-12-4-6-13(7-5-12)14-10-15-8-9-16(2,11-14)17(15)3/h4-7,14-15H,8-11H2,1-3H3/t14-,15-,16+/m0/s1. The summed E-state index contributed by atoms with van der Waals surface area (Å²) in [6.07, 6.45) is 5.48. The van der Waals surface area contributed by atoms with E-state index in [0.717, 1.165) is 12.0 Å². The van der Waals surface area contributed by atoms with Crippen LogP contribution in [0.3, 0.4) is 0 Å². The highest BCUT2D eigenvalue weighted by Crippen LogP contribution is 2.48. The molecule has 2 aliphatic heterocycles. The molecule has 2 aliphatic rings. The summed E-state index contributed by atoms with van der Waals surface area (Å²) < 4.78 is 0. The summed E-state index contributed by atoms with van der Waals surface area (Å²) in [6.45, 7) is 4.62. The number of fused-ring (bicyclic) bond motifs is 2. The first-order chi connectivity index (χ1) is 8.08. The van der Waals surface area contributed by atoms with E-state index in [9.17, 15) is 0 Å². The van der Waals surface area contributed by atoms with Gasteiger partial charge in [-0.15, -0.1) is 0 Å². The van der Waals surface area contributed by atoms with E-state index < -0.39 is 0 Å². The number of aryl methyl sites for hydroxylation is 1. The molecule has 1 heteroatoms. The Labute approximate surface area is 105 Å². The Morgan fingerprint density at radius 1 is 1.24 bits per heavy atom. The molecule has 0 saturated carbocycles. The van der Waals surface area contributed by atoms with E-state index in [4.69, 9.17) is 0 Å². The third-order valence-corrected chi connectivity index (χ3v) is 5.21. The van der Waals surface area contributed by atoms with Crippen LogP contribution in [0.5, 0.6) is 0 Å². The number of hydrogen-bond donors (Lipinski definition) is 0. The summed E-state index contributed by atoms with van der Waals surface area (Å²) in [7, 11) is 2.32. The predicted octanol–water partition coefficient (Wildman–Crippen LogP) is 3.73. The molecule has 0 radical (unpaired) electrons. The van der Waals surface area contributed by atoms with Gasteiger partial charge in [-0.05, 0) is 58.1 Å². The van der Waals surface area contributed by atoms with E-state index in [1.54, 1.807) is 5.56 Å². The Kier molecular flexibility index (Phi) is 2.55. The van der Waals surface area contributed by atoms with Crippen LogP contribution in [0.4, 0.5) is 0 Å². The maximum absolute atomic E-state index is 2.64. The third-order valence-electron chi connectivity index (χ3n) is 5.21. The molecule has 17 heavy (non-hydrogen) atoms. The van der Waals surface area contributed by atoms with Crippen molar-refractivity contribution >= 4 is 0 Å². The van der Waals surface area contributed by atoms with Crippen molar-refractivity contribution in [3.8, 4) is 0 Å². The third kappa shape index (κ3) is 1.81. The Morgan fingerprint density at radius 3 is 2.59 bits per heavy atom. The van der Waals surface area contributed by atoms with Gasteiger partial charge in [0.05, 0.1) is 0 Å². The average molecular weight is 229 g/mol. The summed E-state index contributed by atoms with van der Waals surface area (Å²) in [4.78, 5) is 2.64. The summed E-state index contributed by atoms with van der Waals surface area (Å²) in [5.74, 6) is 0.782. The minimum absolute atomic E-state index is 0.457. The van der Waals surface area contributed by atoms with Crippen LogP contribution in [0, 0.1) is 6.92 Å². The summed E-state index contributed by atoms with van der Waals surface area (Å²) in [5, 5.41) is 0. The normalized spacial score (nSPS) is 37.4. The molecule has 1 aromatic rings. The Morgan fingerprint density at radius 2 is 1.94 bits per heavy atom. The van der Waals surface area contributed by atoms with Crippen molar-refractivity contribution in [3.05, 3.63) is 35.4 Å². The molecule has 3 rings (SSSR count). The first kappa shape index (κ1) is 11.3. The highest BCUT2D eigenvalue weighted by Gasteiger charge is 2.46. The lowest BCUT2D eigenvalue weighted by molar-refractivity contribution is 0.0846. The van der Waals surface area contributed by atoms with Crippen LogP contribution in [0.25, 0.3) is 0 Å². The van der Waals surface area contributed by atoms with Crippen LogP contribution in [0.1, 0.15) is 49.7 Å². The second-order valence-corrected chi connectivity index (χ2v) is 6.35. The van der Waals surface area contributed by atoms with Gasteiger partial charge in [0, 0.05) is 11.6 Å². The van der Waals surface area contributed by atoms with Gasteiger partial charge in [0.2, 0.25) is 0 Å². The van der Waals surface area contributed by atoms with Crippen molar-refractivity contribution in [2.45, 2.75) is 57.0 Å². The van der Waals surface area contributed by atoms with Gasteiger partial charge in [-0.3, -0.25) is 4.90 Å². The number of hydrogen-bond acceptors (Lipinski definition) is 1. The molecule has 0 amide bonds. The van der Waals surface area contributed by atoms with Gasteiger partial charge in [0.25, 0.3) is 0 Å². The van der Waals surface area contributed by atoms with Gasteiger partial charge in [0.1, 0.15) is 0 Å². The molecule has 92 valence electrons. The fraction of sp³-hybridized carbons (Fsp3) is 0.625. The molecule has 2 saturated heterocycles. The van der Waals surface area contributed by atoms with Gasteiger partial charge in [-0.1, -0.05) is 29.8 Å². The number of benzene rings is 1. The van der Waals surface area contributed by atoms with Crippen molar-refractivity contribution in [3.63, 3.8) is 0 Å². The number of piperidine rings is 1. The first-order valence-corrected chi connectivity index (χ1v) is 6.88. The molecular formula is C16H23N. The van der Waals surface area contributed by atoms with Crippen LogP contribution < -0.4 is 0 Å². The molecule has 1 nitrogen and oxygen atoms in total. The second-order valence-electron chi connectivity index (χ2n) is 6.35. The zero-order valence-electron chi connectivity index (χ0n) is 11.2. The topological polar surface area (TPSA) is 3.24 Å². The Bertz CT molecular complexity index is 408. The molecule has 0 aromatic heterocycles. The highest BCUT2D eigenvalue weighted by atomic mass is 15.2. The fourth-order valence-electron chi connectivity index (χ4n) is 3.85. The zero-order valence-corrected chi connectivity index (χ0v) is 11.2. The first-order valence-electron chi connectivity index (χ1n) is 6.88. The minimum Gasteiger partial charge on any atom is -0.298 e. The molecule has 3 atom stereocenters. The van der Waals surface area contributed by atoms with Crippen LogP contribution in [0.15, 0.2) is 24.3 Å². The van der Waals surface area contributed by atoms with Gasteiger partial charge in [-0.25, -0.2) is 0 Å². The largest absolute Gasteiger partial charge is 0.298 e. The van der Waals surface area contributed by atoms with Crippen molar-refractivity contribution in [2.75, 3.05) is 7.05 Å². The van der Waals surface area contributed by atoms with Crippen molar-refractivity contribution in [2.24, 2.45) is 0 Å². The zero-order chi connectivity index (χ0) is 12.0. The molecule has 1 aromatic carbocycles. The van der Waals surface area contributed by atoms with E-state index >= 15 is 0 Å². The fourth-order valence-corrected chi connectivity index (χ4v) is 3.85. The van der Waals surface area contributed by atoms with Crippen LogP contribution in [0.2, 0.25) is 0 Å².